The van der Waals surface area contributed by atoms with Crippen molar-refractivity contribution in [3.05, 3.63) is 0 Å². The Morgan fingerprint density at radius 3 is 2.71 bits per heavy atom. The summed E-state index contributed by atoms with van der Waals surface area (Å²) in [4.78, 5) is 0. The van der Waals surface area contributed by atoms with Crippen LogP contribution < -0.4 is 0 Å². The average Bonchev–Trinajstić information content (AvgIpc) is 3.20. The third-order valence-electron chi connectivity index (χ3n) is 5.51. The zero-order valence-corrected chi connectivity index (χ0v) is 13.6. The van der Waals surface area contributed by atoms with E-state index in [2.05, 4.69) is 0 Å². The van der Waals surface area contributed by atoms with Crippen LogP contribution in [0, 0.1) is 17.3 Å². The first-order valence-electron chi connectivity index (χ1n) is 8.12. The minimum absolute atomic E-state index is 0.133. The molecular weight excluding hydrogens is 290 g/mol. The Morgan fingerprint density at radius 2 is 2.10 bits per heavy atom. The molecule has 3 unspecified atom stereocenters. The number of ether oxygens (including phenoxy) is 1. The first kappa shape index (κ1) is 15.7. The van der Waals surface area contributed by atoms with Crippen molar-refractivity contribution >= 4 is 10.0 Å². The summed E-state index contributed by atoms with van der Waals surface area (Å²) >= 11 is 0. The van der Waals surface area contributed by atoms with Crippen LogP contribution in [0.5, 0.6) is 0 Å². The summed E-state index contributed by atoms with van der Waals surface area (Å²) < 4.78 is 31.0. The third kappa shape index (κ3) is 3.28. The molecule has 2 saturated heterocycles. The molecule has 0 aromatic heterocycles. The predicted molar refractivity (Wildman–Crippen MR) is 80.4 cm³/mol. The van der Waals surface area contributed by atoms with Crippen molar-refractivity contribution in [2.75, 3.05) is 32.6 Å². The summed E-state index contributed by atoms with van der Waals surface area (Å²) in [5.74, 6) is 0.970. The minimum atomic E-state index is -3.10. The highest BCUT2D eigenvalue weighted by atomic mass is 32.2. The molecular formula is C15H27NO4S. The van der Waals surface area contributed by atoms with Gasteiger partial charge in [-0.1, -0.05) is 0 Å². The summed E-state index contributed by atoms with van der Waals surface area (Å²) in [7, 11) is -3.10. The van der Waals surface area contributed by atoms with E-state index in [0.717, 1.165) is 32.3 Å². The van der Waals surface area contributed by atoms with Gasteiger partial charge in [-0.15, -0.1) is 0 Å². The summed E-state index contributed by atoms with van der Waals surface area (Å²) in [5, 5.41) is 10.0. The number of rotatable bonds is 5. The van der Waals surface area contributed by atoms with E-state index in [1.54, 1.807) is 4.31 Å². The van der Waals surface area contributed by atoms with Crippen molar-refractivity contribution in [2.24, 2.45) is 17.3 Å². The van der Waals surface area contributed by atoms with Crippen molar-refractivity contribution in [3.8, 4) is 0 Å². The number of nitrogens with zero attached hydrogens (tertiary/aromatic N) is 1. The van der Waals surface area contributed by atoms with Gasteiger partial charge in [-0.3, -0.25) is 0 Å². The van der Waals surface area contributed by atoms with Gasteiger partial charge >= 0.3 is 0 Å². The molecule has 0 bridgehead atoms. The highest BCUT2D eigenvalue weighted by molar-refractivity contribution is 7.88. The molecule has 1 aliphatic carbocycles. The Hall–Kier alpha value is -0.170. The number of piperidine rings is 1. The van der Waals surface area contributed by atoms with Crippen LogP contribution in [-0.2, 0) is 14.8 Å². The lowest BCUT2D eigenvalue weighted by atomic mass is 9.71. The monoisotopic (exact) mass is 317 g/mol. The van der Waals surface area contributed by atoms with Gasteiger partial charge < -0.3 is 9.84 Å². The minimum Gasteiger partial charge on any atom is -0.396 e. The van der Waals surface area contributed by atoms with Crippen LogP contribution in [0.2, 0.25) is 0 Å². The van der Waals surface area contributed by atoms with E-state index in [1.165, 1.54) is 19.1 Å². The van der Waals surface area contributed by atoms with Crippen molar-refractivity contribution in [1.29, 1.82) is 0 Å². The number of sulfonamides is 1. The van der Waals surface area contributed by atoms with Gasteiger partial charge in [0.25, 0.3) is 0 Å². The quantitative estimate of drug-likeness (QED) is 0.828. The molecule has 2 heterocycles. The van der Waals surface area contributed by atoms with Crippen LogP contribution in [0.3, 0.4) is 0 Å². The maximum atomic E-state index is 11.8. The van der Waals surface area contributed by atoms with E-state index in [9.17, 15) is 13.5 Å². The van der Waals surface area contributed by atoms with Gasteiger partial charge in [0.1, 0.15) is 0 Å². The Kier molecular flexibility index (Phi) is 4.34. The predicted octanol–water partition coefficient (Wildman–Crippen LogP) is 1.23. The molecule has 122 valence electrons. The van der Waals surface area contributed by atoms with E-state index in [4.69, 9.17) is 4.74 Å². The van der Waals surface area contributed by atoms with Crippen LogP contribution in [-0.4, -0.2) is 56.5 Å². The van der Waals surface area contributed by atoms with Crippen LogP contribution in [0.25, 0.3) is 0 Å². The second-order valence-corrected chi connectivity index (χ2v) is 9.22. The van der Waals surface area contributed by atoms with E-state index in [-0.39, 0.29) is 18.1 Å². The first-order valence-corrected chi connectivity index (χ1v) is 9.97. The Morgan fingerprint density at radius 1 is 1.33 bits per heavy atom. The molecule has 5 nitrogen and oxygen atoms in total. The molecule has 0 amide bonds. The molecule has 1 saturated carbocycles. The van der Waals surface area contributed by atoms with Gasteiger partial charge in [0.2, 0.25) is 10.0 Å². The lowest BCUT2D eigenvalue weighted by Gasteiger charge is -2.39. The topological polar surface area (TPSA) is 66.8 Å². The molecule has 3 fully saturated rings. The fourth-order valence-corrected chi connectivity index (χ4v) is 5.21. The van der Waals surface area contributed by atoms with E-state index >= 15 is 0 Å². The summed E-state index contributed by atoms with van der Waals surface area (Å²) in [6.45, 7) is 2.16. The molecule has 2 aliphatic heterocycles. The SMILES string of the molecule is CS(=O)(=O)N1CCCC(CC2(CO)CCOC2C2CC2)C1. The first-order chi connectivity index (χ1) is 9.94. The molecule has 3 rings (SSSR count). The van der Waals surface area contributed by atoms with Crippen LogP contribution in [0.1, 0.15) is 38.5 Å². The summed E-state index contributed by atoms with van der Waals surface area (Å²) in [6, 6.07) is 0. The molecule has 0 radical (unpaired) electrons. The van der Waals surface area contributed by atoms with Gasteiger partial charge in [-0.2, -0.15) is 0 Å². The number of hydrogen-bond donors (Lipinski definition) is 1. The lowest BCUT2D eigenvalue weighted by molar-refractivity contribution is -0.0168. The molecule has 21 heavy (non-hydrogen) atoms. The lowest BCUT2D eigenvalue weighted by Crippen LogP contribution is -2.44. The Balaban J connectivity index is 1.69. The zero-order chi connectivity index (χ0) is 15.1. The van der Waals surface area contributed by atoms with Gasteiger partial charge in [0, 0.05) is 25.1 Å². The van der Waals surface area contributed by atoms with Crippen molar-refractivity contribution in [3.63, 3.8) is 0 Å². The highest BCUT2D eigenvalue weighted by Crippen LogP contribution is 2.51. The van der Waals surface area contributed by atoms with E-state index in [1.807, 2.05) is 0 Å². The smallest absolute Gasteiger partial charge is 0.211 e. The van der Waals surface area contributed by atoms with Crippen molar-refractivity contribution in [1.82, 2.24) is 4.31 Å². The van der Waals surface area contributed by atoms with E-state index < -0.39 is 10.0 Å². The standard InChI is InChI=1S/C15H27NO4S/c1-21(18,19)16-7-2-3-12(10-16)9-15(11-17)6-8-20-14(15)13-4-5-13/h12-14,17H,2-11H2,1H3. The Labute approximate surface area is 127 Å². The maximum Gasteiger partial charge on any atom is 0.211 e. The fraction of sp³-hybridized carbons (Fsp3) is 1.00. The third-order valence-corrected chi connectivity index (χ3v) is 6.78. The summed E-state index contributed by atoms with van der Waals surface area (Å²) in [5.41, 5.74) is -0.133. The molecule has 0 aromatic carbocycles. The molecule has 0 spiro atoms. The van der Waals surface area contributed by atoms with Gasteiger partial charge in [0.05, 0.1) is 19.0 Å². The van der Waals surface area contributed by atoms with Gasteiger partial charge in [0.15, 0.2) is 0 Å². The summed E-state index contributed by atoms with van der Waals surface area (Å²) in [6.07, 6.45) is 7.72. The van der Waals surface area contributed by atoms with Crippen LogP contribution in [0.4, 0.5) is 0 Å². The highest BCUT2D eigenvalue weighted by Gasteiger charge is 2.51. The molecule has 1 N–H and O–H groups in total. The number of aliphatic hydroxyl groups is 1. The number of hydrogen-bond acceptors (Lipinski definition) is 4. The molecule has 3 aliphatic rings. The van der Waals surface area contributed by atoms with Gasteiger partial charge in [-0.25, -0.2) is 12.7 Å². The zero-order valence-electron chi connectivity index (χ0n) is 12.8. The number of aliphatic hydroxyl groups excluding tert-OH is 1. The molecule has 6 heteroatoms. The average molecular weight is 317 g/mol. The van der Waals surface area contributed by atoms with Crippen LogP contribution >= 0.6 is 0 Å². The normalized spacial score (nSPS) is 38.8. The van der Waals surface area contributed by atoms with Crippen molar-refractivity contribution in [2.45, 2.75) is 44.6 Å². The van der Waals surface area contributed by atoms with Crippen LogP contribution in [0.15, 0.2) is 0 Å². The van der Waals surface area contributed by atoms with Crippen molar-refractivity contribution < 1.29 is 18.3 Å². The fourth-order valence-electron chi connectivity index (χ4n) is 4.26. The largest absolute Gasteiger partial charge is 0.396 e. The van der Waals surface area contributed by atoms with Gasteiger partial charge in [-0.05, 0) is 50.4 Å². The molecule has 0 aromatic rings. The molecule has 3 atom stereocenters. The Bertz CT molecular complexity index is 476. The second-order valence-electron chi connectivity index (χ2n) is 7.23. The second kappa shape index (κ2) is 5.80. The maximum absolute atomic E-state index is 11.8. The van der Waals surface area contributed by atoms with E-state index in [0.29, 0.717) is 24.9 Å².